The molecule has 1 N–H and O–H groups in total. The van der Waals surface area contributed by atoms with E-state index in [-0.39, 0.29) is 0 Å². The van der Waals surface area contributed by atoms with Crippen LogP contribution in [0.4, 0.5) is 0 Å². The van der Waals surface area contributed by atoms with E-state index in [4.69, 9.17) is 0 Å². The van der Waals surface area contributed by atoms with Gasteiger partial charge in [0.25, 0.3) is 0 Å². The molecule has 0 fully saturated rings. The number of benzene rings is 1. The molecule has 0 radical (unpaired) electrons. The van der Waals surface area contributed by atoms with Gasteiger partial charge in [0.1, 0.15) is 0 Å². The van der Waals surface area contributed by atoms with Crippen molar-refractivity contribution < 1.29 is 0 Å². The van der Waals surface area contributed by atoms with Crippen molar-refractivity contribution in [1.82, 2.24) is 14.9 Å². The lowest BCUT2D eigenvalue weighted by Crippen LogP contribution is -2.20. The van der Waals surface area contributed by atoms with Gasteiger partial charge in [-0.1, -0.05) is 41.7 Å². The van der Waals surface area contributed by atoms with Gasteiger partial charge in [-0.2, -0.15) is 0 Å². The fourth-order valence-electron chi connectivity index (χ4n) is 1.67. The number of rotatable bonds is 5. The second kappa shape index (κ2) is 5.72. The largest absolute Gasteiger partial charge is 0.304 e. The number of nitrogens with one attached hydrogen (secondary N) is 1. The van der Waals surface area contributed by atoms with Crippen LogP contribution in [0.5, 0.6) is 0 Å². The Morgan fingerprint density at radius 2 is 2.12 bits per heavy atom. The Balaban J connectivity index is 1.96. The van der Waals surface area contributed by atoms with Crippen molar-refractivity contribution in [3.63, 3.8) is 0 Å². The highest BCUT2D eigenvalue weighted by molar-refractivity contribution is 7.03. The maximum Gasteiger partial charge on any atom is 0.0893 e. The van der Waals surface area contributed by atoms with Crippen LogP contribution in [0, 0.1) is 0 Å². The standard InChI is InChI=1S/C12H15N3S/c1-2-12(10-6-4-3-5-7-10)13-8-11-9-16-15-14-11/h3-7,9,12-13H,2,8H2,1H3. The van der Waals surface area contributed by atoms with E-state index >= 15 is 0 Å². The Labute approximate surface area is 99.7 Å². The second-order valence-corrected chi connectivity index (χ2v) is 4.26. The van der Waals surface area contributed by atoms with Crippen LogP contribution in [0.25, 0.3) is 0 Å². The lowest BCUT2D eigenvalue weighted by atomic mass is 10.0. The average Bonchev–Trinajstić information content (AvgIpc) is 2.84. The molecule has 4 heteroatoms. The summed E-state index contributed by atoms with van der Waals surface area (Å²) in [5.41, 5.74) is 2.34. The van der Waals surface area contributed by atoms with Crippen molar-refractivity contribution in [2.75, 3.05) is 0 Å². The van der Waals surface area contributed by atoms with E-state index < -0.39 is 0 Å². The van der Waals surface area contributed by atoms with Gasteiger partial charge >= 0.3 is 0 Å². The fraction of sp³-hybridized carbons (Fsp3) is 0.333. The minimum absolute atomic E-state index is 0.392. The molecule has 0 aliphatic rings. The Bertz CT molecular complexity index is 399. The minimum Gasteiger partial charge on any atom is -0.304 e. The molecule has 1 heterocycles. The third-order valence-electron chi connectivity index (χ3n) is 2.54. The maximum absolute atomic E-state index is 4.02. The molecule has 0 amide bonds. The lowest BCUT2D eigenvalue weighted by molar-refractivity contribution is 0.514. The molecule has 1 unspecified atom stereocenters. The molecule has 2 rings (SSSR count). The first-order valence-corrected chi connectivity index (χ1v) is 6.28. The van der Waals surface area contributed by atoms with Crippen molar-refractivity contribution in [2.45, 2.75) is 25.9 Å². The Morgan fingerprint density at radius 3 is 2.75 bits per heavy atom. The van der Waals surface area contributed by atoms with Crippen molar-refractivity contribution in [3.05, 3.63) is 47.0 Å². The first-order valence-electron chi connectivity index (χ1n) is 5.44. The zero-order valence-electron chi connectivity index (χ0n) is 9.26. The molecular weight excluding hydrogens is 218 g/mol. The molecule has 2 aromatic rings. The van der Waals surface area contributed by atoms with E-state index in [1.54, 1.807) is 0 Å². The highest BCUT2D eigenvalue weighted by Crippen LogP contribution is 2.16. The summed E-state index contributed by atoms with van der Waals surface area (Å²) >= 11 is 1.39. The highest BCUT2D eigenvalue weighted by Gasteiger charge is 2.08. The molecule has 0 spiro atoms. The van der Waals surface area contributed by atoms with Gasteiger partial charge in [0.2, 0.25) is 0 Å². The van der Waals surface area contributed by atoms with E-state index in [1.165, 1.54) is 17.1 Å². The van der Waals surface area contributed by atoms with Gasteiger partial charge in [-0.3, -0.25) is 0 Å². The van der Waals surface area contributed by atoms with Crippen LogP contribution < -0.4 is 5.32 Å². The number of hydrogen-bond donors (Lipinski definition) is 1. The van der Waals surface area contributed by atoms with Crippen LogP contribution in [0.2, 0.25) is 0 Å². The Hall–Kier alpha value is -1.26. The third-order valence-corrected chi connectivity index (χ3v) is 3.10. The van der Waals surface area contributed by atoms with E-state index in [9.17, 15) is 0 Å². The molecule has 84 valence electrons. The van der Waals surface area contributed by atoms with Crippen LogP contribution in [-0.4, -0.2) is 9.59 Å². The molecule has 0 bridgehead atoms. The summed E-state index contributed by atoms with van der Waals surface area (Å²) in [4.78, 5) is 0. The van der Waals surface area contributed by atoms with Gasteiger partial charge in [0.05, 0.1) is 5.69 Å². The third kappa shape index (κ3) is 2.87. The Kier molecular flexibility index (Phi) is 4.02. The van der Waals surface area contributed by atoms with Gasteiger partial charge in [-0.25, -0.2) is 0 Å². The predicted octanol–water partition coefficient (Wildman–Crippen LogP) is 2.78. The monoisotopic (exact) mass is 233 g/mol. The van der Waals surface area contributed by atoms with E-state index in [0.717, 1.165) is 18.7 Å². The maximum atomic E-state index is 4.02. The summed E-state index contributed by atoms with van der Waals surface area (Å²) in [6.45, 7) is 2.97. The average molecular weight is 233 g/mol. The van der Waals surface area contributed by atoms with Crippen LogP contribution >= 0.6 is 11.5 Å². The van der Waals surface area contributed by atoms with Gasteiger partial charge in [-0.05, 0) is 23.5 Å². The van der Waals surface area contributed by atoms with Crippen molar-refractivity contribution >= 4 is 11.5 Å². The minimum atomic E-state index is 0.392. The molecule has 16 heavy (non-hydrogen) atoms. The van der Waals surface area contributed by atoms with Gasteiger partial charge in [0.15, 0.2) is 0 Å². The first-order chi connectivity index (χ1) is 7.90. The summed E-state index contributed by atoms with van der Waals surface area (Å²) in [5, 5.41) is 9.49. The van der Waals surface area contributed by atoms with Crippen molar-refractivity contribution in [2.24, 2.45) is 0 Å². The molecular formula is C12H15N3S. The number of hydrogen-bond acceptors (Lipinski definition) is 4. The highest BCUT2D eigenvalue weighted by atomic mass is 32.1. The fourth-order valence-corrected chi connectivity index (χ4v) is 2.12. The molecule has 1 aromatic heterocycles. The van der Waals surface area contributed by atoms with E-state index in [0.29, 0.717) is 6.04 Å². The van der Waals surface area contributed by atoms with Gasteiger partial charge < -0.3 is 5.32 Å². The summed E-state index contributed by atoms with van der Waals surface area (Å²) in [6.07, 6.45) is 1.07. The summed E-state index contributed by atoms with van der Waals surface area (Å²) < 4.78 is 3.85. The first kappa shape index (κ1) is 11.2. The summed E-state index contributed by atoms with van der Waals surface area (Å²) in [5.74, 6) is 0. The number of aromatic nitrogens is 2. The zero-order chi connectivity index (χ0) is 11.2. The van der Waals surface area contributed by atoms with Crippen molar-refractivity contribution in [1.29, 1.82) is 0 Å². The zero-order valence-corrected chi connectivity index (χ0v) is 10.1. The molecule has 0 saturated heterocycles. The van der Waals surface area contributed by atoms with Crippen LogP contribution in [0.1, 0.15) is 30.6 Å². The SMILES string of the molecule is CCC(NCc1csnn1)c1ccccc1. The smallest absolute Gasteiger partial charge is 0.0893 e. The molecule has 1 aromatic carbocycles. The quantitative estimate of drug-likeness (QED) is 0.863. The topological polar surface area (TPSA) is 37.8 Å². The Morgan fingerprint density at radius 1 is 1.31 bits per heavy atom. The van der Waals surface area contributed by atoms with Gasteiger partial charge in [-0.15, -0.1) is 5.10 Å². The molecule has 1 atom stereocenters. The molecule has 0 aliphatic heterocycles. The number of nitrogens with zero attached hydrogens (tertiary/aromatic N) is 2. The van der Waals surface area contributed by atoms with Gasteiger partial charge in [0, 0.05) is 18.0 Å². The van der Waals surface area contributed by atoms with E-state index in [2.05, 4.69) is 46.1 Å². The second-order valence-electron chi connectivity index (χ2n) is 3.65. The van der Waals surface area contributed by atoms with Crippen molar-refractivity contribution in [3.8, 4) is 0 Å². The van der Waals surface area contributed by atoms with Crippen LogP contribution in [-0.2, 0) is 6.54 Å². The molecule has 3 nitrogen and oxygen atoms in total. The predicted molar refractivity (Wildman–Crippen MR) is 66.2 cm³/mol. The summed E-state index contributed by atoms with van der Waals surface area (Å²) in [7, 11) is 0. The summed E-state index contributed by atoms with van der Waals surface area (Å²) in [6, 6.07) is 10.9. The van der Waals surface area contributed by atoms with Crippen LogP contribution in [0.3, 0.4) is 0 Å². The molecule has 0 aliphatic carbocycles. The molecule has 0 saturated carbocycles. The lowest BCUT2D eigenvalue weighted by Gasteiger charge is -2.16. The van der Waals surface area contributed by atoms with E-state index in [1.807, 2.05) is 11.4 Å². The van der Waals surface area contributed by atoms with Crippen LogP contribution in [0.15, 0.2) is 35.7 Å². The normalized spacial score (nSPS) is 12.6.